The molecule has 1 aromatic rings. The summed E-state index contributed by atoms with van der Waals surface area (Å²) in [6.07, 6.45) is 6.08. The van der Waals surface area contributed by atoms with E-state index < -0.39 is 0 Å². The van der Waals surface area contributed by atoms with E-state index in [9.17, 15) is 0 Å². The van der Waals surface area contributed by atoms with Crippen LogP contribution in [0.5, 0.6) is 5.75 Å². The second-order valence-corrected chi connectivity index (χ2v) is 7.28. The van der Waals surface area contributed by atoms with Crippen LogP contribution in [0.1, 0.15) is 44.2 Å². The molecule has 3 heteroatoms. The van der Waals surface area contributed by atoms with E-state index in [4.69, 9.17) is 4.74 Å². The fourth-order valence-electron chi connectivity index (χ4n) is 3.36. The first kappa shape index (κ1) is 14.4. The molecule has 1 aliphatic heterocycles. The van der Waals surface area contributed by atoms with Gasteiger partial charge in [-0.2, -0.15) is 0 Å². The van der Waals surface area contributed by atoms with Gasteiger partial charge in [-0.05, 0) is 67.8 Å². The summed E-state index contributed by atoms with van der Waals surface area (Å²) in [5.74, 6) is 1.17. The molecule has 0 saturated heterocycles. The largest absolute Gasteiger partial charge is 0.493 e. The van der Waals surface area contributed by atoms with Crippen molar-refractivity contribution in [2.45, 2.75) is 52.0 Å². The van der Waals surface area contributed by atoms with Gasteiger partial charge < -0.3 is 10.1 Å². The minimum absolute atomic E-state index is 0.454. The Morgan fingerprint density at radius 1 is 1.40 bits per heavy atom. The highest BCUT2D eigenvalue weighted by Crippen LogP contribution is 2.53. The van der Waals surface area contributed by atoms with Crippen LogP contribution in [0.15, 0.2) is 16.6 Å². The summed E-state index contributed by atoms with van der Waals surface area (Å²) < 4.78 is 7.07. The van der Waals surface area contributed by atoms with Crippen LogP contribution in [0.2, 0.25) is 0 Å². The molecule has 0 bridgehead atoms. The summed E-state index contributed by atoms with van der Waals surface area (Å²) in [4.78, 5) is 0. The second-order valence-electron chi connectivity index (χ2n) is 6.37. The van der Waals surface area contributed by atoms with Crippen molar-refractivity contribution in [3.05, 3.63) is 27.7 Å². The van der Waals surface area contributed by atoms with Gasteiger partial charge in [0.25, 0.3) is 0 Å². The molecule has 2 aliphatic rings. The summed E-state index contributed by atoms with van der Waals surface area (Å²) in [5.41, 5.74) is 3.23. The predicted octanol–water partition coefficient (Wildman–Crippen LogP) is 4.09. The summed E-state index contributed by atoms with van der Waals surface area (Å²) in [5, 5.41) is 3.69. The van der Waals surface area contributed by atoms with Gasteiger partial charge in [-0.3, -0.25) is 0 Å². The Balaban J connectivity index is 1.78. The second kappa shape index (κ2) is 5.69. The third kappa shape index (κ3) is 2.75. The lowest BCUT2D eigenvalue weighted by molar-refractivity contribution is 0.330. The van der Waals surface area contributed by atoms with Gasteiger partial charge >= 0.3 is 0 Å². The van der Waals surface area contributed by atoms with Crippen LogP contribution in [-0.2, 0) is 12.8 Å². The van der Waals surface area contributed by atoms with E-state index in [-0.39, 0.29) is 0 Å². The van der Waals surface area contributed by atoms with Crippen molar-refractivity contribution < 1.29 is 4.74 Å². The summed E-state index contributed by atoms with van der Waals surface area (Å²) >= 11 is 3.65. The van der Waals surface area contributed by atoms with Crippen molar-refractivity contribution in [3.8, 4) is 5.75 Å². The molecule has 1 atom stereocenters. The quantitative estimate of drug-likeness (QED) is 0.843. The average molecular weight is 338 g/mol. The molecule has 2 nitrogen and oxygen atoms in total. The van der Waals surface area contributed by atoms with Gasteiger partial charge in [0.2, 0.25) is 0 Å². The Morgan fingerprint density at radius 3 is 2.90 bits per heavy atom. The number of rotatable bonds is 6. The molecule has 1 aromatic carbocycles. The number of hydrogen-bond acceptors (Lipinski definition) is 2. The lowest BCUT2D eigenvalue weighted by Gasteiger charge is -2.25. The van der Waals surface area contributed by atoms with Gasteiger partial charge in [0, 0.05) is 16.9 Å². The van der Waals surface area contributed by atoms with Crippen molar-refractivity contribution in [1.29, 1.82) is 0 Å². The maximum atomic E-state index is 5.88. The van der Waals surface area contributed by atoms with Gasteiger partial charge in [-0.15, -0.1) is 0 Å². The Morgan fingerprint density at radius 2 is 2.20 bits per heavy atom. The first-order valence-electron chi connectivity index (χ1n) is 7.82. The molecule has 3 rings (SSSR count). The normalized spacial score (nSPS) is 20.4. The zero-order chi connectivity index (χ0) is 14.2. The Hall–Kier alpha value is -0.540. The highest BCUT2D eigenvalue weighted by molar-refractivity contribution is 9.10. The van der Waals surface area contributed by atoms with E-state index in [1.807, 2.05) is 0 Å². The van der Waals surface area contributed by atoms with Gasteiger partial charge in [-0.25, -0.2) is 0 Å². The number of fused-ring (bicyclic) bond motifs is 1. The summed E-state index contributed by atoms with van der Waals surface area (Å²) in [6, 6.07) is 5.07. The van der Waals surface area contributed by atoms with E-state index in [0.29, 0.717) is 11.5 Å². The van der Waals surface area contributed by atoms with Gasteiger partial charge in [0.1, 0.15) is 5.75 Å². The molecule has 1 N–H and O–H groups in total. The van der Waals surface area contributed by atoms with Crippen LogP contribution < -0.4 is 10.1 Å². The maximum Gasteiger partial charge on any atom is 0.125 e. The molecular formula is C17H24BrNO. The zero-order valence-corrected chi connectivity index (χ0v) is 14.1. The zero-order valence-electron chi connectivity index (χ0n) is 12.5. The number of ether oxygens (including phenoxy) is 1. The van der Waals surface area contributed by atoms with E-state index >= 15 is 0 Å². The van der Waals surface area contributed by atoms with E-state index in [1.54, 1.807) is 0 Å². The van der Waals surface area contributed by atoms with Crippen LogP contribution in [0.4, 0.5) is 0 Å². The number of benzene rings is 1. The minimum atomic E-state index is 0.454. The molecule has 110 valence electrons. The maximum absolute atomic E-state index is 5.88. The van der Waals surface area contributed by atoms with E-state index in [2.05, 4.69) is 47.2 Å². The highest BCUT2D eigenvalue weighted by atomic mass is 79.9. The molecule has 0 spiro atoms. The predicted molar refractivity (Wildman–Crippen MR) is 86.5 cm³/mol. The van der Waals surface area contributed by atoms with E-state index in [0.717, 1.165) is 26.0 Å². The lowest BCUT2D eigenvalue weighted by Crippen LogP contribution is -2.36. The fraction of sp³-hybridized carbons (Fsp3) is 0.647. The van der Waals surface area contributed by atoms with Crippen molar-refractivity contribution in [3.63, 3.8) is 0 Å². The Bertz CT molecular complexity index is 496. The molecule has 1 fully saturated rings. The standard InChI is InChI=1S/C17H24BrNO/c1-3-7-19-12(2)17(5-6-17)11-14-10-15(18)9-13-4-8-20-16(13)14/h9-10,12,19H,3-8,11H2,1-2H3. The Kier molecular flexibility index (Phi) is 4.09. The number of nitrogens with one attached hydrogen (secondary N) is 1. The Labute approximate surface area is 130 Å². The molecule has 1 saturated carbocycles. The molecule has 20 heavy (non-hydrogen) atoms. The van der Waals surface area contributed by atoms with Crippen LogP contribution >= 0.6 is 15.9 Å². The molecule has 1 aliphatic carbocycles. The number of hydrogen-bond donors (Lipinski definition) is 1. The third-order valence-electron chi connectivity index (χ3n) is 4.88. The van der Waals surface area contributed by atoms with Crippen LogP contribution in [0.25, 0.3) is 0 Å². The molecule has 0 radical (unpaired) electrons. The van der Waals surface area contributed by atoms with Gasteiger partial charge in [0.05, 0.1) is 6.61 Å². The smallest absolute Gasteiger partial charge is 0.125 e. The van der Waals surface area contributed by atoms with Crippen LogP contribution in [-0.4, -0.2) is 19.2 Å². The average Bonchev–Trinajstić information content (AvgIpc) is 3.05. The molecule has 0 amide bonds. The van der Waals surface area contributed by atoms with Crippen molar-refractivity contribution in [2.75, 3.05) is 13.2 Å². The van der Waals surface area contributed by atoms with Crippen LogP contribution in [0.3, 0.4) is 0 Å². The first-order chi connectivity index (χ1) is 9.64. The number of halogens is 1. The van der Waals surface area contributed by atoms with Crippen molar-refractivity contribution in [1.82, 2.24) is 5.32 Å². The van der Waals surface area contributed by atoms with Crippen molar-refractivity contribution >= 4 is 15.9 Å². The highest BCUT2D eigenvalue weighted by Gasteiger charge is 2.47. The summed E-state index contributed by atoms with van der Waals surface area (Å²) in [7, 11) is 0. The molecule has 0 aromatic heterocycles. The van der Waals surface area contributed by atoms with Gasteiger partial charge in [0.15, 0.2) is 0 Å². The van der Waals surface area contributed by atoms with E-state index in [1.165, 1.54) is 40.6 Å². The molecular weight excluding hydrogens is 314 g/mol. The lowest BCUT2D eigenvalue weighted by atomic mass is 9.88. The minimum Gasteiger partial charge on any atom is -0.493 e. The van der Waals surface area contributed by atoms with Crippen LogP contribution in [0, 0.1) is 5.41 Å². The summed E-state index contributed by atoms with van der Waals surface area (Å²) in [6.45, 7) is 6.54. The topological polar surface area (TPSA) is 21.3 Å². The van der Waals surface area contributed by atoms with Crippen molar-refractivity contribution in [2.24, 2.45) is 5.41 Å². The molecule has 1 heterocycles. The fourth-order valence-corrected chi connectivity index (χ4v) is 3.91. The molecule has 1 unspecified atom stereocenters. The van der Waals surface area contributed by atoms with Gasteiger partial charge in [-0.1, -0.05) is 22.9 Å². The first-order valence-corrected chi connectivity index (χ1v) is 8.61. The monoisotopic (exact) mass is 337 g/mol. The SMILES string of the molecule is CCCNC(C)C1(Cc2cc(Br)cc3c2OCC3)CC1. The third-order valence-corrected chi connectivity index (χ3v) is 5.34.